The molecule has 0 spiro atoms. The summed E-state index contributed by atoms with van der Waals surface area (Å²) in [7, 11) is -3.29. The molecule has 3 amide bonds. The predicted molar refractivity (Wildman–Crippen MR) is 170 cm³/mol. The summed E-state index contributed by atoms with van der Waals surface area (Å²) < 4.78 is 40.9. The monoisotopic (exact) mass is 632 g/mol. The number of rotatable bonds is 9. The molecule has 3 aliphatic rings. The minimum atomic E-state index is -4.95. The van der Waals surface area contributed by atoms with Gasteiger partial charge >= 0.3 is 258 Å². The molecule has 1 atom stereocenters. The van der Waals surface area contributed by atoms with E-state index in [0.29, 0.717) is 21.6 Å². The molecule has 6 rings (SSSR count). The Balaban J connectivity index is 1.47. The number of benzene rings is 3. The Labute approximate surface area is 257 Å². The van der Waals surface area contributed by atoms with E-state index < -0.39 is 29.3 Å². The third kappa shape index (κ3) is 4.82. The average Bonchev–Trinajstić information content (AvgIpc) is 3.27. The van der Waals surface area contributed by atoms with Crippen molar-refractivity contribution in [3.8, 4) is 0 Å². The number of allylic oxidation sites excluding steroid dienone is 1. The van der Waals surface area contributed by atoms with Crippen LogP contribution in [0.5, 0.6) is 0 Å². The van der Waals surface area contributed by atoms with Crippen LogP contribution >= 0.6 is 6.83 Å². The van der Waals surface area contributed by atoms with Gasteiger partial charge in [-0.3, -0.25) is 0 Å². The quantitative estimate of drug-likeness (QED) is 0.334. The zero-order chi connectivity index (χ0) is 31.0. The van der Waals surface area contributed by atoms with Gasteiger partial charge in [0.05, 0.1) is 0 Å². The molecule has 1 fully saturated rings. The molecular weight excluding hydrogens is 599 g/mol. The number of hydrogen-bond donors (Lipinski definition) is 0. The number of hydroxylamine groups is 2. The molecule has 10 nitrogen and oxygen atoms in total. The van der Waals surface area contributed by atoms with Gasteiger partial charge in [-0.25, -0.2) is 0 Å². The summed E-state index contributed by atoms with van der Waals surface area (Å²) in [5.41, 5.74) is 0.597. The number of carbonyl (C=O) groups excluding carboxylic acids is 2. The SMILES string of the molecule is CC=CP(OS(=O)(=O)ON1C(=O)N2CC=C(N3C=CN(C)C(=O)C3)C1C2)(c1ccccc1)(c1ccccc1)c1ccccc1. The van der Waals surface area contributed by atoms with Crippen LogP contribution in [0.4, 0.5) is 4.79 Å². The van der Waals surface area contributed by atoms with Crippen molar-refractivity contribution in [2.24, 2.45) is 0 Å². The molecule has 3 aromatic carbocycles. The number of amides is 3. The minimum absolute atomic E-state index is 0.0502. The molecule has 0 aromatic heterocycles. The van der Waals surface area contributed by atoms with Crippen molar-refractivity contribution < 1.29 is 26.3 Å². The standard InChI is InChI=1S/C32H33N4O6PS/c1-3-23-43(26-13-7-4-8-14-26,27-15-9-5-10-16-27,28-17-11-6-12-18-28)42-44(39,40)41-36-30-24-35(32(36)38)20-19-29(30)34-22-21-33(2)31(37)25-34/h3-19,21-23,30H,20,24-25H2,1-2H3. The third-order valence-corrected chi connectivity index (χ3v) is 15.3. The molecule has 0 aliphatic carbocycles. The van der Waals surface area contributed by atoms with Crippen molar-refractivity contribution in [3.05, 3.63) is 127 Å². The van der Waals surface area contributed by atoms with E-state index in [9.17, 15) is 18.0 Å². The zero-order valence-corrected chi connectivity index (χ0v) is 26.1. The van der Waals surface area contributed by atoms with Gasteiger partial charge in [0.15, 0.2) is 0 Å². The summed E-state index contributed by atoms with van der Waals surface area (Å²) in [5, 5.41) is 2.77. The van der Waals surface area contributed by atoms with Gasteiger partial charge in [-0.1, -0.05) is 0 Å². The van der Waals surface area contributed by atoms with E-state index in [4.69, 9.17) is 8.25 Å². The summed E-state index contributed by atoms with van der Waals surface area (Å²) >= 11 is 0. The summed E-state index contributed by atoms with van der Waals surface area (Å²) in [5.74, 6) is 1.69. The Kier molecular flexibility index (Phi) is 7.67. The molecule has 2 bridgehead atoms. The van der Waals surface area contributed by atoms with Gasteiger partial charge in [-0.05, 0) is 0 Å². The molecule has 1 unspecified atom stereocenters. The van der Waals surface area contributed by atoms with Crippen LogP contribution in [0, 0.1) is 0 Å². The second kappa shape index (κ2) is 11.3. The van der Waals surface area contributed by atoms with Crippen LogP contribution in [0.3, 0.4) is 0 Å². The van der Waals surface area contributed by atoms with Gasteiger partial charge < -0.3 is 0 Å². The molecule has 228 valence electrons. The van der Waals surface area contributed by atoms with E-state index >= 15 is 0 Å². The summed E-state index contributed by atoms with van der Waals surface area (Å²) in [4.78, 5) is 30.6. The molecule has 0 saturated carbocycles. The Morgan fingerprint density at radius 2 is 1.39 bits per heavy atom. The first kappa shape index (κ1) is 29.8. The molecule has 3 aliphatic heterocycles. The van der Waals surface area contributed by atoms with Crippen LogP contribution in [-0.4, -0.2) is 72.8 Å². The van der Waals surface area contributed by atoms with E-state index in [1.165, 1.54) is 9.80 Å². The number of urea groups is 1. The third-order valence-electron chi connectivity index (χ3n) is 8.16. The van der Waals surface area contributed by atoms with Crippen molar-refractivity contribution in [2.75, 3.05) is 26.7 Å². The van der Waals surface area contributed by atoms with Crippen LogP contribution in [0.1, 0.15) is 6.92 Å². The number of carbonyl (C=O) groups is 2. The first-order valence-electron chi connectivity index (χ1n) is 14.2. The van der Waals surface area contributed by atoms with E-state index in [0.717, 1.165) is 5.06 Å². The van der Waals surface area contributed by atoms with Crippen LogP contribution in [0.25, 0.3) is 0 Å². The van der Waals surface area contributed by atoms with Gasteiger partial charge in [0, 0.05) is 0 Å². The van der Waals surface area contributed by atoms with E-state index in [2.05, 4.69) is 0 Å². The number of hydrogen-bond acceptors (Lipinski definition) is 7. The van der Waals surface area contributed by atoms with Crippen molar-refractivity contribution in [2.45, 2.75) is 13.0 Å². The van der Waals surface area contributed by atoms with Crippen molar-refractivity contribution >= 4 is 45.1 Å². The maximum atomic E-state index is 14.3. The van der Waals surface area contributed by atoms with E-state index in [-0.39, 0.29) is 25.5 Å². The Morgan fingerprint density at radius 1 is 0.841 bits per heavy atom. The first-order valence-corrected chi connectivity index (χ1v) is 17.7. The van der Waals surface area contributed by atoms with Crippen LogP contribution in [0.2, 0.25) is 0 Å². The fraction of sp³-hybridized carbons (Fsp3) is 0.188. The van der Waals surface area contributed by atoms with Crippen LogP contribution < -0.4 is 15.9 Å². The van der Waals surface area contributed by atoms with Gasteiger partial charge in [0.25, 0.3) is 0 Å². The first-order chi connectivity index (χ1) is 21.2. The van der Waals surface area contributed by atoms with Gasteiger partial charge in [-0.15, -0.1) is 0 Å². The second-order valence-electron chi connectivity index (χ2n) is 10.7. The fourth-order valence-corrected chi connectivity index (χ4v) is 13.6. The van der Waals surface area contributed by atoms with Gasteiger partial charge in [-0.2, -0.15) is 0 Å². The van der Waals surface area contributed by atoms with Gasteiger partial charge in [0.1, 0.15) is 0 Å². The fourth-order valence-electron chi connectivity index (χ4n) is 6.10. The number of nitrogens with zero attached hydrogens (tertiary/aromatic N) is 4. The Hall–Kier alpha value is -4.28. The van der Waals surface area contributed by atoms with Gasteiger partial charge in [0.2, 0.25) is 0 Å². The molecule has 1 saturated heterocycles. The molecular formula is C32H33N4O6PS. The van der Waals surface area contributed by atoms with Crippen molar-refractivity contribution in [1.82, 2.24) is 19.8 Å². The topological polar surface area (TPSA) is 99.7 Å². The van der Waals surface area contributed by atoms with Crippen LogP contribution in [0.15, 0.2) is 127 Å². The zero-order valence-electron chi connectivity index (χ0n) is 24.3. The maximum absolute atomic E-state index is 14.3. The van der Waals surface area contributed by atoms with Crippen LogP contribution in [-0.2, 0) is 23.4 Å². The Bertz CT molecular complexity index is 1670. The molecule has 3 aromatic rings. The summed E-state index contributed by atoms with van der Waals surface area (Å²) in [6, 6.07) is 26.3. The summed E-state index contributed by atoms with van der Waals surface area (Å²) in [6.45, 7) is -2.16. The molecule has 3 heterocycles. The van der Waals surface area contributed by atoms with Crippen molar-refractivity contribution in [3.63, 3.8) is 0 Å². The number of fused-ring (bicyclic) bond motifs is 2. The van der Waals surface area contributed by atoms with Crippen molar-refractivity contribution in [1.29, 1.82) is 0 Å². The molecule has 44 heavy (non-hydrogen) atoms. The summed E-state index contributed by atoms with van der Waals surface area (Å²) in [6.07, 6.45) is 6.95. The molecule has 12 heteroatoms. The average molecular weight is 633 g/mol. The van der Waals surface area contributed by atoms with E-state index in [1.807, 2.05) is 110 Å². The molecule has 0 radical (unpaired) electrons. The molecule has 0 N–H and O–H groups in total. The normalized spacial score (nSPS) is 19.8. The second-order valence-corrected chi connectivity index (χ2v) is 16.4. The number of likely N-dealkylation sites (N-methyl/N-ethyl adjacent to an activating group) is 1. The predicted octanol–water partition coefficient (Wildman–Crippen LogP) is 3.41. The Morgan fingerprint density at radius 3 is 1.89 bits per heavy atom. The van der Waals surface area contributed by atoms with E-state index in [1.54, 1.807) is 30.4 Å².